The van der Waals surface area contributed by atoms with Crippen molar-refractivity contribution in [3.63, 3.8) is 0 Å². The minimum absolute atomic E-state index is 0.0645. The fourth-order valence-corrected chi connectivity index (χ4v) is 2.82. The van der Waals surface area contributed by atoms with Crippen molar-refractivity contribution in [2.24, 2.45) is 0 Å². The number of nitrogens with one attached hydrogen (secondary N) is 1. The fourth-order valence-electron chi connectivity index (χ4n) is 2.64. The van der Waals surface area contributed by atoms with E-state index in [1.807, 2.05) is 13.0 Å². The van der Waals surface area contributed by atoms with Gasteiger partial charge in [0.05, 0.1) is 17.9 Å². The number of hydrogen-bond acceptors (Lipinski definition) is 5. The maximum absolute atomic E-state index is 12.4. The molecule has 0 bridgehead atoms. The van der Waals surface area contributed by atoms with Crippen LogP contribution in [0.5, 0.6) is 11.5 Å². The molecule has 0 saturated carbocycles. The summed E-state index contributed by atoms with van der Waals surface area (Å²) in [5, 5.41) is 3.25. The molecular weight excluding hydrogens is 382 g/mol. The maximum atomic E-state index is 12.4. The number of esters is 1. The van der Waals surface area contributed by atoms with E-state index in [4.69, 9.17) is 25.8 Å². The molecule has 2 aromatic rings. The second-order valence-electron chi connectivity index (χ2n) is 6.11. The highest BCUT2D eigenvalue weighted by Gasteiger charge is 2.24. The van der Waals surface area contributed by atoms with Crippen LogP contribution in [0.15, 0.2) is 48.0 Å². The first-order valence-corrected chi connectivity index (χ1v) is 9.22. The van der Waals surface area contributed by atoms with Crippen molar-refractivity contribution < 1.29 is 23.8 Å². The molecule has 0 radical (unpaired) electrons. The largest absolute Gasteiger partial charge is 0.492 e. The summed E-state index contributed by atoms with van der Waals surface area (Å²) < 4.78 is 16.3. The Morgan fingerprint density at radius 1 is 1.25 bits per heavy atom. The van der Waals surface area contributed by atoms with Crippen LogP contribution in [0, 0.1) is 0 Å². The predicted molar refractivity (Wildman–Crippen MR) is 107 cm³/mol. The van der Waals surface area contributed by atoms with Crippen molar-refractivity contribution in [2.75, 3.05) is 18.5 Å². The van der Waals surface area contributed by atoms with Crippen LogP contribution in [0.2, 0.25) is 5.02 Å². The monoisotopic (exact) mass is 401 g/mol. The molecule has 1 N–H and O–H groups in total. The van der Waals surface area contributed by atoms with Gasteiger partial charge in [-0.25, -0.2) is 4.79 Å². The van der Waals surface area contributed by atoms with Crippen LogP contribution >= 0.6 is 11.6 Å². The molecule has 2 aromatic carbocycles. The molecule has 1 unspecified atom stereocenters. The molecule has 0 fully saturated rings. The Bertz CT molecular complexity index is 925. The zero-order valence-corrected chi connectivity index (χ0v) is 16.3. The van der Waals surface area contributed by atoms with Crippen LogP contribution < -0.4 is 14.8 Å². The van der Waals surface area contributed by atoms with Crippen LogP contribution in [0.4, 0.5) is 5.69 Å². The summed E-state index contributed by atoms with van der Waals surface area (Å²) in [6.07, 6.45) is 0.658. The zero-order chi connectivity index (χ0) is 20.1. The van der Waals surface area contributed by atoms with Crippen molar-refractivity contribution in [3.8, 4) is 11.5 Å². The Hall–Kier alpha value is -2.99. The normalized spacial score (nSPS) is 13.5. The molecule has 0 saturated heterocycles. The van der Waals surface area contributed by atoms with Gasteiger partial charge in [-0.05, 0) is 50.3 Å². The van der Waals surface area contributed by atoms with Crippen LogP contribution in [0.3, 0.4) is 0 Å². The Labute approximate surface area is 168 Å². The summed E-state index contributed by atoms with van der Waals surface area (Å²) in [4.78, 5) is 24.8. The van der Waals surface area contributed by atoms with Gasteiger partial charge in [0.25, 0.3) is 5.91 Å². The lowest BCUT2D eigenvalue weighted by molar-refractivity contribution is -0.149. The first-order chi connectivity index (χ1) is 13.5. The molecule has 0 aromatic heterocycles. The van der Waals surface area contributed by atoms with Gasteiger partial charge in [-0.1, -0.05) is 23.7 Å². The molecule has 7 heteroatoms. The number of benzene rings is 2. The van der Waals surface area contributed by atoms with E-state index in [1.54, 1.807) is 42.5 Å². The smallest absolute Gasteiger partial charge is 0.338 e. The van der Waals surface area contributed by atoms with Crippen LogP contribution in [-0.4, -0.2) is 31.2 Å². The fraction of sp³-hybridized carbons (Fsp3) is 0.238. The van der Waals surface area contributed by atoms with E-state index in [0.29, 0.717) is 40.0 Å². The summed E-state index contributed by atoms with van der Waals surface area (Å²) in [6.45, 7) is 3.89. The van der Waals surface area contributed by atoms with Gasteiger partial charge in [0, 0.05) is 10.6 Å². The van der Waals surface area contributed by atoms with Crippen molar-refractivity contribution in [1.29, 1.82) is 0 Å². The molecule has 1 amide bonds. The van der Waals surface area contributed by atoms with Crippen molar-refractivity contribution >= 4 is 35.2 Å². The Balaban J connectivity index is 1.65. The number of hydrogen-bond donors (Lipinski definition) is 1. The molecule has 28 heavy (non-hydrogen) atoms. The third kappa shape index (κ3) is 4.64. The third-order valence-electron chi connectivity index (χ3n) is 4.04. The number of carbonyl (C=O) groups excluding carboxylic acids is 2. The number of para-hydroxylation sites is 2. The number of halogens is 1. The standard InChI is InChI=1S/C21H20ClNO5/c1-3-26-19-7-5-4-6-17(19)23-20(24)13(2)28-21(25)15-10-14-11-16(22)8-9-18(14)27-12-15/h4-11,13H,3,12H2,1-2H3,(H,23,24). The lowest BCUT2D eigenvalue weighted by atomic mass is 10.1. The van der Waals surface area contributed by atoms with Crippen LogP contribution in [-0.2, 0) is 14.3 Å². The molecule has 6 nitrogen and oxygen atoms in total. The number of carbonyl (C=O) groups is 2. The molecule has 1 heterocycles. The van der Waals surface area contributed by atoms with Crippen LogP contribution in [0.25, 0.3) is 6.08 Å². The lowest BCUT2D eigenvalue weighted by Gasteiger charge is -2.19. The van der Waals surface area contributed by atoms with E-state index in [2.05, 4.69) is 5.32 Å². The van der Waals surface area contributed by atoms with E-state index in [1.165, 1.54) is 6.92 Å². The van der Waals surface area contributed by atoms with Gasteiger partial charge in [0.1, 0.15) is 18.1 Å². The van der Waals surface area contributed by atoms with Gasteiger partial charge >= 0.3 is 5.97 Å². The lowest BCUT2D eigenvalue weighted by Crippen LogP contribution is -2.31. The van der Waals surface area contributed by atoms with Gasteiger partial charge in [0.2, 0.25) is 0 Å². The van der Waals surface area contributed by atoms with Crippen molar-refractivity contribution in [3.05, 3.63) is 58.6 Å². The predicted octanol–water partition coefficient (Wildman–Crippen LogP) is 4.08. The first kappa shape index (κ1) is 19.8. The van der Waals surface area contributed by atoms with Crippen molar-refractivity contribution in [2.45, 2.75) is 20.0 Å². The minimum atomic E-state index is -0.996. The Kier molecular flexibility index (Phi) is 6.21. The Morgan fingerprint density at radius 2 is 2.04 bits per heavy atom. The average molecular weight is 402 g/mol. The van der Waals surface area contributed by atoms with Gasteiger partial charge in [-0.3, -0.25) is 4.79 Å². The van der Waals surface area contributed by atoms with Gasteiger partial charge < -0.3 is 19.5 Å². The minimum Gasteiger partial charge on any atom is -0.492 e. The van der Waals surface area contributed by atoms with E-state index in [9.17, 15) is 9.59 Å². The van der Waals surface area contributed by atoms with E-state index >= 15 is 0 Å². The zero-order valence-electron chi connectivity index (χ0n) is 15.5. The molecule has 1 aliphatic rings. The topological polar surface area (TPSA) is 73.9 Å². The summed E-state index contributed by atoms with van der Waals surface area (Å²) in [7, 11) is 0. The number of amides is 1. The molecule has 0 aliphatic carbocycles. The summed E-state index contributed by atoms with van der Waals surface area (Å²) in [6, 6.07) is 12.2. The summed E-state index contributed by atoms with van der Waals surface area (Å²) in [5.74, 6) is 0.112. The van der Waals surface area contributed by atoms with Gasteiger partial charge in [0.15, 0.2) is 6.10 Å². The molecule has 1 atom stereocenters. The van der Waals surface area contributed by atoms with E-state index in [-0.39, 0.29) is 6.61 Å². The highest BCUT2D eigenvalue weighted by Crippen LogP contribution is 2.29. The quantitative estimate of drug-likeness (QED) is 0.738. The van der Waals surface area contributed by atoms with Gasteiger partial charge in [-0.15, -0.1) is 0 Å². The second kappa shape index (κ2) is 8.80. The highest BCUT2D eigenvalue weighted by molar-refractivity contribution is 6.30. The maximum Gasteiger partial charge on any atom is 0.338 e. The number of fused-ring (bicyclic) bond motifs is 1. The molecule has 146 valence electrons. The second-order valence-corrected chi connectivity index (χ2v) is 6.54. The average Bonchev–Trinajstić information content (AvgIpc) is 2.68. The summed E-state index contributed by atoms with van der Waals surface area (Å²) >= 11 is 5.98. The Morgan fingerprint density at radius 3 is 2.82 bits per heavy atom. The highest BCUT2D eigenvalue weighted by atomic mass is 35.5. The number of anilines is 1. The van der Waals surface area contributed by atoms with E-state index in [0.717, 1.165) is 0 Å². The van der Waals surface area contributed by atoms with E-state index < -0.39 is 18.0 Å². The molecule has 3 rings (SSSR count). The summed E-state index contributed by atoms with van der Waals surface area (Å²) in [5.41, 5.74) is 1.51. The molecule has 1 aliphatic heterocycles. The van der Waals surface area contributed by atoms with Gasteiger partial charge in [-0.2, -0.15) is 0 Å². The third-order valence-corrected chi connectivity index (χ3v) is 4.28. The molecular formula is C21H20ClNO5. The van der Waals surface area contributed by atoms with Crippen molar-refractivity contribution in [1.82, 2.24) is 0 Å². The SMILES string of the molecule is CCOc1ccccc1NC(=O)C(C)OC(=O)C1=Cc2cc(Cl)ccc2OC1. The van der Waals surface area contributed by atoms with Crippen LogP contribution in [0.1, 0.15) is 19.4 Å². The number of ether oxygens (including phenoxy) is 3. The first-order valence-electron chi connectivity index (χ1n) is 8.84. The molecule has 0 spiro atoms. The number of rotatable bonds is 6.